The molecule has 0 aliphatic heterocycles. The number of carbonyl (C=O) groups excluding carboxylic acids is 3. The number of hydrogen-bond donors (Lipinski definition) is 2. The Balaban J connectivity index is 2.41. The molecule has 0 atom stereocenters. The SMILES string of the molecule is CCCCn1c(SCC(=O)NC(=O)NC)nc2cc(C(=O)OC)ccc2c1=O. The predicted molar refractivity (Wildman–Crippen MR) is 106 cm³/mol. The third kappa shape index (κ3) is 5.10. The molecule has 28 heavy (non-hydrogen) atoms. The molecule has 0 aliphatic rings. The van der Waals surface area contributed by atoms with Crippen LogP contribution in [0.4, 0.5) is 4.79 Å². The first-order valence-electron chi connectivity index (χ1n) is 8.68. The Kier molecular flexibility index (Phi) is 7.56. The maximum absolute atomic E-state index is 12.9. The third-order valence-corrected chi connectivity index (χ3v) is 4.87. The molecule has 1 aromatic heterocycles. The fourth-order valence-electron chi connectivity index (χ4n) is 2.42. The highest BCUT2D eigenvalue weighted by Gasteiger charge is 2.16. The molecule has 150 valence electrons. The number of urea groups is 1. The van der Waals surface area contributed by atoms with Crippen molar-refractivity contribution in [1.82, 2.24) is 20.2 Å². The Labute approximate surface area is 165 Å². The highest BCUT2D eigenvalue weighted by Crippen LogP contribution is 2.19. The molecule has 0 fully saturated rings. The summed E-state index contributed by atoms with van der Waals surface area (Å²) in [5.74, 6) is -1.13. The zero-order valence-corrected chi connectivity index (χ0v) is 16.7. The van der Waals surface area contributed by atoms with Gasteiger partial charge in [-0.05, 0) is 24.6 Å². The second-order valence-electron chi connectivity index (χ2n) is 5.84. The number of fused-ring (bicyclic) bond motifs is 1. The number of nitrogens with zero attached hydrogens (tertiary/aromatic N) is 2. The van der Waals surface area contributed by atoms with Gasteiger partial charge in [0, 0.05) is 13.6 Å². The summed E-state index contributed by atoms with van der Waals surface area (Å²) in [6, 6.07) is 3.95. The topological polar surface area (TPSA) is 119 Å². The van der Waals surface area contributed by atoms with E-state index in [4.69, 9.17) is 4.74 Å². The van der Waals surface area contributed by atoms with Crippen molar-refractivity contribution in [3.63, 3.8) is 0 Å². The Morgan fingerprint density at radius 1 is 1.29 bits per heavy atom. The second-order valence-corrected chi connectivity index (χ2v) is 6.79. The molecule has 0 saturated carbocycles. The maximum Gasteiger partial charge on any atom is 0.337 e. The van der Waals surface area contributed by atoms with E-state index in [2.05, 4.69) is 15.6 Å². The lowest BCUT2D eigenvalue weighted by Crippen LogP contribution is -2.38. The molecule has 0 radical (unpaired) electrons. The van der Waals surface area contributed by atoms with E-state index in [0.717, 1.165) is 24.6 Å². The van der Waals surface area contributed by atoms with Gasteiger partial charge in [0.05, 0.1) is 29.3 Å². The van der Waals surface area contributed by atoms with Crippen molar-refractivity contribution in [2.24, 2.45) is 0 Å². The normalized spacial score (nSPS) is 10.5. The van der Waals surface area contributed by atoms with E-state index in [1.54, 1.807) is 6.07 Å². The minimum Gasteiger partial charge on any atom is -0.465 e. The van der Waals surface area contributed by atoms with Crippen molar-refractivity contribution >= 4 is 40.6 Å². The number of aromatic nitrogens is 2. The van der Waals surface area contributed by atoms with Gasteiger partial charge in [0.2, 0.25) is 5.91 Å². The van der Waals surface area contributed by atoms with Gasteiger partial charge in [-0.15, -0.1) is 0 Å². The average molecular weight is 406 g/mol. The molecule has 2 N–H and O–H groups in total. The monoisotopic (exact) mass is 406 g/mol. The number of ether oxygens (including phenoxy) is 1. The van der Waals surface area contributed by atoms with Crippen LogP contribution in [-0.4, -0.2) is 47.4 Å². The molecule has 10 heteroatoms. The Morgan fingerprint density at radius 2 is 2.04 bits per heavy atom. The summed E-state index contributed by atoms with van der Waals surface area (Å²) < 4.78 is 6.22. The van der Waals surface area contributed by atoms with Crippen LogP contribution in [0, 0.1) is 0 Å². The number of hydrogen-bond acceptors (Lipinski definition) is 7. The van der Waals surface area contributed by atoms with Crippen LogP contribution in [0.1, 0.15) is 30.1 Å². The number of unbranched alkanes of at least 4 members (excludes halogenated alkanes) is 1. The standard InChI is InChI=1S/C18H22N4O5S/c1-4-5-8-22-15(24)12-7-6-11(16(25)27-3)9-13(12)20-18(22)28-10-14(23)21-17(26)19-2/h6-7,9H,4-5,8,10H2,1-3H3,(H2,19,21,23,26). The van der Waals surface area contributed by atoms with Crippen LogP contribution in [0.25, 0.3) is 10.9 Å². The summed E-state index contributed by atoms with van der Waals surface area (Å²) in [6.07, 6.45) is 1.65. The first kappa shape index (κ1) is 21.4. The maximum atomic E-state index is 12.9. The highest BCUT2D eigenvalue weighted by atomic mass is 32.2. The third-order valence-electron chi connectivity index (χ3n) is 3.89. The van der Waals surface area contributed by atoms with Gasteiger partial charge in [0.15, 0.2) is 5.16 Å². The number of esters is 1. The first-order valence-corrected chi connectivity index (χ1v) is 9.67. The first-order chi connectivity index (χ1) is 13.4. The van der Waals surface area contributed by atoms with Gasteiger partial charge in [-0.1, -0.05) is 25.1 Å². The molecule has 1 aromatic carbocycles. The van der Waals surface area contributed by atoms with E-state index < -0.39 is 17.9 Å². The Bertz CT molecular complexity index is 957. The summed E-state index contributed by atoms with van der Waals surface area (Å²) in [5.41, 5.74) is 0.375. The van der Waals surface area contributed by atoms with Gasteiger partial charge in [0.25, 0.3) is 5.56 Å². The zero-order valence-electron chi connectivity index (χ0n) is 15.9. The second kappa shape index (κ2) is 9.88. The van der Waals surface area contributed by atoms with Crippen LogP contribution >= 0.6 is 11.8 Å². The molecule has 0 aliphatic carbocycles. The van der Waals surface area contributed by atoms with Crippen LogP contribution in [0.2, 0.25) is 0 Å². The van der Waals surface area contributed by atoms with Crippen molar-refractivity contribution in [1.29, 1.82) is 0 Å². The number of amides is 3. The molecule has 3 amide bonds. The molecule has 2 aromatic rings. The molecule has 0 bridgehead atoms. The van der Waals surface area contributed by atoms with Crippen molar-refractivity contribution in [2.45, 2.75) is 31.5 Å². The van der Waals surface area contributed by atoms with E-state index in [-0.39, 0.29) is 16.9 Å². The van der Waals surface area contributed by atoms with Gasteiger partial charge in [-0.3, -0.25) is 19.5 Å². The van der Waals surface area contributed by atoms with E-state index in [1.807, 2.05) is 6.92 Å². The fourth-order valence-corrected chi connectivity index (χ4v) is 3.25. The van der Waals surface area contributed by atoms with Crippen LogP contribution in [0.3, 0.4) is 0 Å². The molecule has 1 heterocycles. The minimum atomic E-state index is -0.608. The smallest absolute Gasteiger partial charge is 0.337 e. The van der Waals surface area contributed by atoms with Gasteiger partial charge in [0.1, 0.15) is 0 Å². The molecule has 0 saturated heterocycles. The van der Waals surface area contributed by atoms with E-state index in [0.29, 0.717) is 22.6 Å². The van der Waals surface area contributed by atoms with Crippen molar-refractivity contribution < 1.29 is 19.1 Å². The van der Waals surface area contributed by atoms with Crippen molar-refractivity contribution in [3.05, 3.63) is 34.1 Å². The Morgan fingerprint density at radius 3 is 2.68 bits per heavy atom. The molecule has 0 spiro atoms. The summed E-state index contributed by atoms with van der Waals surface area (Å²) in [7, 11) is 2.68. The molecule has 2 rings (SSSR count). The average Bonchev–Trinajstić information content (AvgIpc) is 2.70. The van der Waals surface area contributed by atoms with Crippen molar-refractivity contribution in [3.8, 4) is 0 Å². The van der Waals surface area contributed by atoms with Crippen LogP contribution in [0.5, 0.6) is 0 Å². The van der Waals surface area contributed by atoms with E-state index in [1.165, 1.54) is 30.9 Å². The number of benzene rings is 1. The molecule has 9 nitrogen and oxygen atoms in total. The molecule has 0 unspecified atom stereocenters. The number of nitrogens with one attached hydrogen (secondary N) is 2. The van der Waals surface area contributed by atoms with Crippen LogP contribution in [-0.2, 0) is 16.1 Å². The van der Waals surface area contributed by atoms with Gasteiger partial charge in [-0.2, -0.15) is 0 Å². The Hall–Kier alpha value is -2.88. The van der Waals surface area contributed by atoms with Crippen LogP contribution in [0.15, 0.2) is 28.2 Å². The number of methoxy groups -OCH3 is 1. The molecular weight excluding hydrogens is 384 g/mol. The lowest BCUT2D eigenvalue weighted by atomic mass is 10.1. The summed E-state index contributed by atoms with van der Waals surface area (Å²) in [5, 5.41) is 5.18. The predicted octanol–water partition coefficient (Wildman–Crippen LogP) is 1.53. The quantitative estimate of drug-likeness (QED) is 0.406. The van der Waals surface area contributed by atoms with Gasteiger partial charge in [-0.25, -0.2) is 14.6 Å². The van der Waals surface area contributed by atoms with Gasteiger partial charge < -0.3 is 10.1 Å². The summed E-state index contributed by atoms with van der Waals surface area (Å²) in [4.78, 5) is 52.2. The number of carbonyl (C=O) groups is 3. The summed E-state index contributed by atoms with van der Waals surface area (Å²) in [6.45, 7) is 2.46. The lowest BCUT2D eigenvalue weighted by molar-refractivity contribution is -0.117. The number of imide groups is 1. The zero-order chi connectivity index (χ0) is 20.7. The van der Waals surface area contributed by atoms with Gasteiger partial charge >= 0.3 is 12.0 Å². The van der Waals surface area contributed by atoms with Crippen LogP contribution < -0.4 is 16.2 Å². The van der Waals surface area contributed by atoms with E-state index in [9.17, 15) is 19.2 Å². The lowest BCUT2D eigenvalue weighted by Gasteiger charge is -2.13. The number of rotatable bonds is 7. The summed E-state index contributed by atoms with van der Waals surface area (Å²) >= 11 is 1.05. The molecular formula is C18H22N4O5S. The highest BCUT2D eigenvalue weighted by molar-refractivity contribution is 7.99. The largest absolute Gasteiger partial charge is 0.465 e. The minimum absolute atomic E-state index is 0.0891. The number of thioether (sulfide) groups is 1. The fraction of sp³-hybridized carbons (Fsp3) is 0.389. The van der Waals surface area contributed by atoms with Crippen molar-refractivity contribution in [2.75, 3.05) is 19.9 Å². The van der Waals surface area contributed by atoms with E-state index >= 15 is 0 Å².